The fourth-order valence-electron chi connectivity index (χ4n) is 2.39. The van der Waals surface area contributed by atoms with E-state index in [1.54, 1.807) is 31.2 Å². The van der Waals surface area contributed by atoms with Gasteiger partial charge in [-0.15, -0.1) is 0 Å². The monoisotopic (exact) mass is 361 g/mol. The fraction of sp³-hybridized carbons (Fsp3) is 0.316. The van der Waals surface area contributed by atoms with Crippen molar-refractivity contribution >= 4 is 21.4 Å². The molecular weight excluding hydrogens is 338 g/mol. The van der Waals surface area contributed by atoms with E-state index in [1.165, 1.54) is 0 Å². The molecule has 1 N–H and O–H groups in total. The fourth-order valence-corrected chi connectivity index (χ4v) is 3.63. The molecule has 0 radical (unpaired) electrons. The Morgan fingerprint density at radius 1 is 1.04 bits per heavy atom. The number of ether oxygens (including phenoxy) is 1. The summed E-state index contributed by atoms with van der Waals surface area (Å²) in [7, 11) is -3.37. The van der Waals surface area contributed by atoms with E-state index in [2.05, 4.69) is 5.32 Å². The number of hydrogen-bond acceptors (Lipinski definition) is 4. The molecule has 2 aromatic rings. The van der Waals surface area contributed by atoms with Crippen molar-refractivity contribution in [2.45, 2.75) is 19.8 Å². The molecule has 25 heavy (non-hydrogen) atoms. The summed E-state index contributed by atoms with van der Waals surface area (Å²) >= 11 is 0. The highest BCUT2D eigenvalue weighted by atomic mass is 32.2. The molecule has 2 aromatic carbocycles. The number of hydrogen-bond donors (Lipinski definition) is 1. The molecule has 0 aromatic heterocycles. The highest BCUT2D eigenvalue weighted by Gasteiger charge is 2.16. The van der Waals surface area contributed by atoms with E-state index in [0.29, 0.717) is 24.5 Å². The third-order valence-electron chi connectivity index (χ3n) is 3.52. The number of anilines is 1. The van der Waals surface area contributed by atoms with Crippen LogP contribution in [0.2, 0.25) is 0 Å². The summed E-state index contributed by atoms with van der Waals surface area (Å²) in [5, 5.41) is 2.63. The first-order chi connectivity index (χ1) is 12.0. The Morgan fingerprint density at radius 2 is 1.72 bits per heavy atom. The van der Waals surface area contributed by atoms with Gasteiger partial charge in [0.15, 0.2) is 9.84 Å². The SMILES string of the molecule is CCCS(=O)(=O)CC(=O)Nc1ccccc1OCCc1ccccc1. The topological polar surface area (TPSA) is 72.5 Å². The van der Waals surface area contributed by atoms with Crippen LogP contribution in [0.5, 0.6) is 5.75 Å². The zero-order chi connectivity index (χ0) is 18.1. The summed E-state index contributed by atoms with van der Waals surface area (Å²) in [5.74, 6) is -0.526. The van der Waals surface area contributed by atoms with E-state index >= 15 is 0 Å². The minimum Gasteiger partial charge on any atom is -0.491 e. The normalized spacial score (nSPS) is 11.1. The number of rotatable bonds is 9. The molecule has 0 spiro atoms. The van der Waals surface area contributed by atoms with Crippen molar-refractivity contribution in [1.29, 1.82) is 0 Å². The van der Waals surface area contributed by atoms with Gasteiger partial charge in [-0.2, -0.15) is 0 Å². The number of amides is 1. The average Bonchev–Trinajstić information content (AvgIpc) is 2.56. The van der Waals surface area contributed by atoms with E-state index in [4.69, 9.17) is 4.74 Å². The first-order valence-electron chi connectivity index (χ1n) is 8.26. The smallest absolute Gasteiger partial charge is 0.239 e. The summed E-state index contributed by atoms with van der Waals surface area (Å²) < 4.78 is 29.3. The summed E-state index contributed by atoms with van der Waals surface area (Å²) in [6.07, 6.45) is 1.24. The van der Waals surface area contributed by atoms with Gasteiger partial charge < -0.3 is 10.1 Å². The van der Waals surface area contributed by atoms with Crippen LogP contribution < -0.4 is 10.1 Å². The Bertz CT molecular complexity index is 788. The van der Waals surface area contributed by atoms with Crippen LogP contribution in [0.3, 0.4) is 0 Å². The standard InChI is InChI=1S/C19H23NO4S/c1-2-14-25(22,23)15-19(21)20-17-10-6-7-11-18(17)24-13-12-16-8-4-3-5-9-16/h3-11H,2,12-15H2,1H3,(H,20,21). The van der Waals surface area contributed by atoms with E-state index in [0.717, 1.165) is 12.0 Å². The second kappa shape index (κ2) is 9.22. The first kappa shape index (κ1) is 19.0. The van der Waals surface area contributed by atoms with E-state index < -0.39 is 21.5 Å². The number of benzene rings is 2. The Kier molecular flexibility index (Phi) is 7.01. The number of nitrogens with one attached hydrogen (secondary N) is 1. The average molecular weight is 361 g/mol. The second-order valence-corrected chi connectivity index (χ2v) is 7.90. The second-order valence-electron chi connectivity index (χ2n) is 5.72. The van der Waals surface area contributed by atoms with E-state index in [9.17, 15) is 13.2 Å². The molecule has 6 heteroatoms. The Labute approximate surface area is 148 Å². The minimum absolute atomic E-state index is 0.00957. The molecular formula is C19H23NO4S. The lowest BCUT2D eigenvalue weighted by Crippen LogP contribution is -2.24. The molecule has 0 aliphatic carbocycles. The van der Waals surface area contributed by atoms with Crippen molar-refractivity contribution in [3.8, 4) is 5.75 Å². The molecule has 0 aliphatic rings. The maximum Gasteiger partial charge on any atom is 0.239 e. The number of carbonyl (C=O) groups is 1. The van der Waals surface area contributed by atoms with Crippen LogP contribution in [0.4, 0.5) is 5.69 Å². The van der Waals surface area contributed by atoms with Crippen LogP contribution >= 0.6 is 0 Å². The summed E-state index contributed by atoms with van der Waals surface area (Å²) in [5.41, 5.74) is 1.64. The molecule has 0 fully saturated rings. The van der Waals surface area contributed by atoms with Gasteiger partial charge in [-0.05, 0) is 24.1 Å². The van der Waals surface area contributed by atoms with Gasteiger partial charge in [-0.25, -0.2) is 8.42 Å². The van der Waals surface area contributed by atoms with Crippen molar-refractivity contribution in [2.24, 2.45) is 0 Å². The zero-order valence-electron chi connectivity index (χ0n) is 14.3. The molecule has 1 amide bonds. The predicted octanol–water partition coefficient (Wildman–Crippen LogP) is 3.07. The molecule has 0 unspecified atom stereocenters. The van der Waals surface area contributed by atoms with Gasteiger partial charge in [0.25, 0.3) is 0 Å². The first-order valence-corrected chi connectivity index (χ1v) is 10.1. The molecule has 0 saturated heterocycles. The molecule has 0 saturated carbocycles. The highest BCUT2D eigenvalue weighted by molar-refractivity contribution is 7.92. The molecule has 5 nitrogen and oxygen atoms in total. The highest BCUT2D eigenvalue weighted by Crippen LogP contribution is 2.24. The van der Waals surface area contributed by atoms with Gasteiger partial charge in [0.1, 0.15) is 11.5 Å². The number of para-hydroxylation sites is 2. The third kappa shape index (κ3) is 6.58. The summed E-state index contributed by atoms with van der Waals surface area (Å²) in [6.45, 7) is 2.23. The van der Waals surface area contributed by atoms with Gasteiger partial charge in [-0.1, -0.05) is 49.4 Å². The lowest BCUT2D eigenvalue weighted by Gasteiger charge is -2.12. The van der Waals surface area contributed by atoms with Gasteiger partial charge in [0.05, 0.1) is 18.0 Å². The van der Waals surface area contributed by atoms with Gasteiger partial charge in [0.2, 0.25) is 5.91 Å². The van der Waals surface area contributed by atoms with Gasteiger partial charge in [0, 0.05) is 6.42 Å². The Balaban J connectivity index is 1.94. The number of sulfone groups is 1. The molecule has 2 rings (SSSR count). The van der Waals surface area contributed by atoms with E-state index in [1.807, 2.05) is 30.3 Å². The molecule has 134 valence electrons. The van der Waals surface area contributed by atoms with Crippen LogP contribution in [0.25, 0.3) is 0 Å². The lowest BCUT2D eigenvalue weighted by molar-refractivity contribution is -0.113. The summed E-state index contributed by atoms with van der Waals surface area (Å²) in [6, 6.07) is 17.0. The Morgan fingerprint density at radius 3 is 2.44 bits per heavy atom. The maximum absolute atomic E-state index is 12.0. The lowest BCUT2D eigenvalue weighted by atomic mass is 10.2. The Hall–Kier alpha value is -2.34. The zero-order valence-corrected chi connectivity index (χ0v) is 15.1. The van der Waals surface area contributed by atoms with Crippen LogP contribution in [0.1, 0.15) is 18.9 Å². The van der Waals surface area contributed by atoms with Crippen LogP contribution in [-0.2, 0) is 21.1 Å². The quantitative estimate of drug-likeness (QED) is 0.745. The van der Waals surface area contributed by atoms with Crippen LogP contribution in [0.15, 0.2) is 54.6 Å². The van der Waals surface area contributed by atoms with Crippen LogP contribution in [-0.4, -0.2) is 32.4 Å². The maximum atomic E-state index is 12.0. The van der Waals surface area contributed by atoms with Crippen molar-refractivity contribution in [3.05, 3.63) is 60.2 Å². The molecule has 0 atom stereocenters. The number of carbonyl (C=O) groups excluding carboxylic acids is 1. The van der Waals surface area contributed by atoms with Crippen molar-refractivity contribution in [2.75, 3.05) is 23.4 Å². The third-order valence-corrected chi connectivity index (χ3v) is 5.25. The van der Waals surface area contributed by atoms with Crippen molar-refractivity contribution < 1.29 is 17.9 Å². The van der Waals surface area contributed by atoms with Gasteiger partial charge in [-0.3, -0.25) is 4.79 Å². The predicted molar refractivity (Wildman–Crippen MR) is 99.7 cm³/mol. The van der Waals surface area contributed by atoms with E-state index in [-0.39, 0.29) is 5.75 Å². The largest absolute Gasteiger partial charge is 0.491 e. The van der Waals surface area contributed by atoms with Crippen molar-refractivity contribution in [1.82, 2.24) is 0 Å². The molecule has 0 aliphatic heterocycles. The minimum atomic E-state index is -3.37. The summed E-state index contributed by atoms with van der Waals surface area (Å²) in [4.78, 5) is 12.0. The molecule has 0 heterocycles. The molecule has 0 bridgehead atoms. The van der Waals surface area contributed by atoms with Crippen LogP contribution in [0, 0.1) is 0 Å². The van der Waals surface area contributed by atoms with Crippen molar-refractivity contribution in [3.63, 3.8) is 0 Å². The van der Waals surface area contributed by atoms with Gasteiger partial charge >= 0.3 is 0 Å².